The normalized spacial score (nSPS) is 16.3. The zero-order valence-electron chi connectivity index (χ0n) is 5.66. The van der Waals surface area contributed by atoms with Crippen molar-refractivity contribution in [2.45, 2.75) is 18.5 Å². The van der Waals surface area contributed by atoms with Gasteiger partial charge in [-0.15, -0.1) is 0 Å². The van der Waals surface area contributed by atoms with Crippen molar-refractivity contribution >= 4 is 5.97 Å². The van der Waals surface area contributed by atoms with Crippen LogP contribution in [0.25, 0.3) is 0 Å². The molecule has 0 aliphatic heterocycles. The van der Waals surface area contributed by atoms with Crippen LogP contribution in [-0.4, -0.2) is 29.7 Å². The highest BCUT2D eigenvalue weighted by molar-refractivity contribution is 5.74. The Labute approximate surface area is 59.2 Å². The third-order valence-electron chi connectivity index (χ3n) is 1.25. The van der Waals surface area contributed by atoms with E-state index in [-0.39, 0.29) is 0 Å². The van der Waals surface area contributed by atoms with Crippen LogP contribution >= 0.6 is 0 Å². The van der Waals surface area contributed by atoms with Gasteiger partial charge in [0.1, 0.15) is 6.04 Å². The van der Waals surface area contributed by atoms with Gasteiger partial charge in [-0.1, -0.05) is 0 Å². The quantitative estimate of drug-likeness (QED) is 0.370. The van der Waals surface area contributed by atoms with Crippen LogP contribution in [0, 0.1) is 0 Å². The molecular formula is C5H13N3O2. The van der Waals surface area contributed by atoms with Crippen LogP contribution in [0.15, 0.2) is 0 Å². The summed E-state index contributed by atoms with van der Waals surface area (Å²) in [4.78, 5) is 10.2. The van der Waals surface area contributed by atoms with Gasteiger partial charge in [0.25, 0.3) is 0 Å². The molecule has 0 saturated carbocycles. The molecule has 60 valence electrons. The minimum atomic E-state index is -1.08. The maximum atomic E-state index is 10.2. The minimum Gasteiger partial charge on any atom is -0.480 e. The molecule has 2 atom stereocenters. The first-order valence-corrected chi connectivity index (χ1v) is 3.03. The molecule has 5 nitrogen and oxygen atoms in total. The fraction of sp³-hybridized carbons (Fsp3) is 0.800. The fourth-order valence-corrected chi connectivity index (χ4v) is 0.555. The molecule has 0 rings (SSSR count). The van der Waals surface area contributed by atoms with Gasteiger partial charge in [0.15, 0.2) is 0 Å². The molecule has 0 bridgehead atoms. The zero-order valence-corrected chi connectivity index (χ0v) is 5.66. The van der Waals surface area contributed by atoms with E-state index < -0.39 is 18.1 Å². The Morgan fingerprint density at radius 1 is 1.50 bits per heavy atom. The monoisotopic (exact) mass is 147 g/mol. The van der Waals surface area contributed by atoms with Crippen molar-refractivity contribution in [1.82, 2.24) is 0 Å². The van der Waals surface area contributed by atoms with Crippen LogP contribution in [0.2, 0.25) is 0 Å². The Morgan fingerprint density at radius 2 is 2.00 bits per heavy atom. The lowest BCUT2D eigenvalue weighted by atomic mass is 10.1. The van der Waals surface area contributed by atoms with E-state index >= 15 is 0 Å². The van der Waals surface area contributed by atoms with Crippen LogP contribution in [-0.2, 0) is 4.79 Å². The maximum Gasteiger partial charge on any atom is 0.322 e. The Morgan fingerprint density at radius 3 is 2.30 bits per heavy atom. The van der Waals surface area contributed by atoms with Crippen LogP contribution in [0.3, 0.4) is 0 Å². The number of hydrogen-bond donors (Lipinski definition) is 4. The van der Waals surface area contributed by atoms with E-state index in [0.717, 1.165) is 0 Å². The number of aliphatic carboxylic acids is 1. The first-order valence-electron chi connectivity index (χ1n) is 3.03. The number of carboxylic acids is 1. The topological polar surface area (TPSA) is 115 Å². The molecule has 0 saturated heterocycles. The molecule has 0 heterocycles. The molecule has 0 radical (unpaired) electrons. The fourth-order valence-electron chi connectivity index (χ4n) is 0.555. The van der Waals surface area contributed by atoms with Crippen molar-refractivity contribution in [3.63, 3.8) is 0 Å². The van der Waals surface area contributed by atoms with Crippen molar-refractivity contribution in [2.24, 2.45) is 17.2 Å². The highest BCUT2D eigenvalue weighted by Gasteiger charge is 2.18. The first-order chi connectivity index (χ1) is 4.59. The number of hydrogen-bond acceptors (Lipinski definition) is 4. The third-order valence-corrected chi connectivity index (χ3v) is 1.25. The van der Waals surface area contributed by atoms with Crippen LogP contribution < -0.4 is 17.2 Å². The lowest BCUT2D eigenvalue weighted by Crippen LogP contribution is -2.47. The summed E-state index contributed by atoms with van der Waals surface area (Å²) in [5, 5.41) is 8.33. The molecule has 0 fully saturated rings. The number of rotatable bonds is 4. The van der Waals surface area contributed by atoms with Crippen LogP contribution in [0.5, 0.6) is 0 Å². The molecule has 0 aromatic rings. The molecule has 10 heavy (non-hydrogen) atoms. The average Bonchev–Trinajstić information content (AvgIpc) is 1.87. The van der Waals surface area contributed by atoms with Crippen LogP contribution in [0.1, 0.15) is 6.42 Å². The predicted molar refractivity (Wildman–Crippen MR) is 37.3 cm³/mol. The summed E-state index contributed by atoms with van der Waals surface area (Å²) in [6.07, 6.45) is 0.438. The van der Waals surface area contributed by atoms with Gasteiger partial charge in [0.05, 0.1) is 0 Å². The van der Waals surface area contributed by atoms with Gasteiger partial charge >= 0.3 is 5.97 Å². The van der Waals surface area contributed by atoms with E-state index in [4.69, 9.17) is 22.3 Å². The summed E-state index contributed by atoms with van der Waals surface area (Å²) in [7, 11) is 0. The van der Waals surface area contributed by atoms with Gasteiger partial charge < -0.3 is 22.3 Å². The highest BCUT2D eigenvalue weighted by atomic mass is 16.4. The Bertz CT molecular complexity index is 117. The summed E-state index contributed by atoms with van der Waals surface area (Å²) in [6.45, 7) is 0.363. The number of carboxylic acid groups (broad SMARTS) is 1. The average molecular weight is 147 g/mol. The molecule has 0 aliphatic rings. The van der Waals surface area contributed by atoms with E-state index in [1.807, 2.05) is 0 Å². The molecule has 5 heteroatoms. The molecule has 0 spiro atoms. The second-order valence-electron chi connectivity index (χ2n) is 2.11. The molecule has 0 aromatic heterocycles. The summed E-state index contributed by atoms with van der Waals surface area (Å²) in [6, 6.07) is -1.54. The minimum absolute atomic E-state index is 0.363. The Balaban J connectivity index is 3.69. The maximum absolute atomic E-state index is 10.2. The number of nitrogens with two attached hydrogens (primary N) is 3. The first kappa shape index (κ1) is 9.35. The Hall–Kier alpha value is -0.650. The van der Waals surface area contributed by atoms with E-state index in [1.165, 1.54) is 0 Å². The van der Waals surface area contributed by atoms with Crippen molar-refractivity contribution in [3.05, 3.63) is 0 Å². The molecule has 0 aromatic carbocycles. The summed E-state index contributed by atoms with van der Waals surface area (Å²) < 4.78 is 0. The SMILES string of the molecule is NCCC(N)C(N)C(=O)O. The van der Waals surface area contributed by atoms with Crippen LogP contribution in [0.4, 0.5) is 0 Å². The summed E-state index contributed by atoms with van der Waals surface area (Å²) in [5.41, 5.74) is 15.6. The second-order valence-corrected chi connectivity index (χ2v) is 2.11. The van der Waals surface area contributed by atoms with Gasteiger partial charge in [-0.3, -0.25) is 4.79 Å². The Kier molecular flexibility index (Phi) is 3.94. The molecule has 0 amide bonds. The van der Waals surface area contributed by atoms with E-state index in [0.29, 0.717) is 13.0 Å². The van der Waals surface area contributed by atoms with Gasteiger partial charge in [0, 0.05) is 6.04 Å². The van der Waals surface area contributed by atoms with Gasteiger partial charge in [-0.2, -0.15) is 0 Å². The number of carbonyl (C=O) groups is 1. The second kappa shape index (κ2) is 4.21. The van der Waals surface area contributed by atoms with Crippen molar-refractivity contribution < 1.29 is 9.90 Å². The zero-order chi connectivity index (χ0) is 8.15. The largest absolute Gasteiger partial charge is 0.480 e. The van der Waals surface area contributed by atoms with Crippen molar-refractivity contribution in [1.29, 1.82) is 0 Å². The highest BCUT2D eigenvalue weighted by Crippen LogP contribution is 1.90. The van der Waals surface area contributed by atoms with E-state index in [1.54, 1.807) is 0 Å². The van der Waals surface area contributed by atoms with E-state index in [2.05, 4.69) is 0 Å². The van der Waals surface area contributed by atoms with Crippen molar-refractivity contribution in [3.8, 4) is 0 Å². The third kappa shape index (κ3) is 2.77. The lowest BCUT2D eigenvalue weighted by molar-refractivity contribution is -0.139. The predicted octanol–water partition coefficient (Wildman–Crippen LogP) is -1.93. The van der Waals surface area contributed by atoms with Crippen molar-refractivity contribution in [2.75, 3.05) is 6.54 Å². The standard InChI is InChI=1S/C5H13N3O2/c6-2-1-3(7)4(8)5(9)10/h3-4H,1-2,6-8H2,(H,9,10). The molecule has 2 unspecified atom stereocenters. The molecule has 0 aliphatic carbocycles. The lowest BCUT2D eigenvalue weighted by Gasteiger charge is -2.13. The summed E-state index contributed by atoms with van der Waals surface area (Å²) >= 11 is 0. The van der Waals surface area contributed by atoms with E-state index in [9.17, 15) is 4.79 Å². The molecular weight excluding hydrogens is 134 g/mol. The smallest absolute Gasteiger partial charge is 0.322 e. The summed E-state index contributed by atoms with van der Waals surface area (Å²) in [5.74, 6) is -1.08. The van der Waals surface area contributed by atoms with Gasteiger partial charge in [-0.25, -0.2) is 0 Å². The molecule has 7 N–H and O–H groups in total. The van der Waals surface area contributed by atoms with Gasteiger partial charge in [0.2, 0.25) is 0 Å². The van der Waals surface area contributed by atoms with Gasteiger partial charge in [-0.05, 0) is 13.0 Å².